The van der Waals surface area contributed by atoms with E-state index in [2.05, 4.69) is 4.98 Å². The topological polar surface area (TPSA) is 64.4 Å². The predicted molar refractivity (Wildman–Crippen MR) is 95.1 cm³/mol. The number of amides is 1. The van der Waals surface area contributed by atoms with Gasteiger partial charge in [0.15, 0.2) is 11.9 Å². The van der Waals surface area contributed by atoms with Crippen LogP contribution in [0.3, 0.4) is 0 Å². The molecule has 0 spiro atoms. The third kappa shape index (κ3) is 3.65. The molecular formula is C19H23F2N3O3. The Kier molecular flexibility index (Phi) is 5.43. The summed E-state index contributed by atoms with van der Waals surface area (Å²) in [4.78, 5) is 30.6. The minimum absolute atomic E-state index is 0.0187. The van der Waals surface area contributed by atoms with Gasteiger partial charge in [-0.05, 0) is 31.4 Å². The summed E-state index contributed by atoms with van der Waals surface area (Å²) >= 11 is 0. The van der Waals surface area contributed by atoms with Crippen molar-refractivity contribution < 1.29 is 23.1 Å². The Hall–Kier alpha value is -2.51. The Labute approximate surface area is 156 Å². The largest absolute Gasteiger partial charge is 0.453 e. The van der Waals surface area contributed by atoms with E-state index in [0.29, 0.717) is 24.9 Å². The van der Waals surface area contributed by atoms with Gasteiger partial charge in [-0.1, -0.05) is 26.0 Å². The SMILES string of the molecule is CC(OC(=O)C(C(C)C)N1CCCC1=O)c1nc2ccccc2n1C(F)F. The van der Waals surface area contributed by atoms with E-state index in [1.54, 1.807) is 24.3 Å². The van der Waals surface area contributed by atoms with Crippen molar-refractivity contribution in [3.05, 3.63) is 30.1 Å². The number of benzene rings is 1. The second-order valence-corrected chi connectivity index (χ2v) is 7.07. The summed E-state index contributed by atoms with van der Waals surface area (Å²) in [6, 6.07) is 5.81. The molecule has 2 aromatic rings. The number of imidazole rings is 1. The molecule has 0 radical (unpaired) electrons. The molecule has 1 aromatic carbocycles. The molecule has 1 aliphatic rings. The molecule has 0 N–H and O–H groups in total. The molecule has 1 aromatic heterocycles. The monoisotopic (exact) mass is 379 g/mol. The van der Waals surface area contributed by atoms with Crippen molar-refractivity contribution in [2.24, 2.45) is 5.92 Å². The highest BCUT2D eigenvalue weighted by atomic mass is 19.3. The van der Waals surface area contributed by atoms with Gasteiger partial charge in [0.2, 0.25) is 5.91 Å². The fourth-order valence-electron chi connectivity index (χ4n) is 3.57. The predicted octanol–water partition coefficient (Wildman–Crippen LogP) is 3.68. The lowest BCUT2D eigenvalue weighted by Crippen LogP contribution is -2.46. The number of fused-ring (bicyclic) bond motifs is 1. The van der Waals surface area contributed by atoms with Crippen molar-refractivity contribution in [2.45, 2.75) is 52.3 Å². The minimum Gasteiger partial charge on any atom is -0.453 e. The van der Waals surface area contributed by atoms with E-state index >= 15 is 0 Å². The number of aromatic nitrogens is 2. The average Bonchev–Trinajstić information content (AvgIpc) is 3.18. The molecule has 0 saturated carbocycles. The van der Waals surface area contributed by atoms with Crippen LogP contribution in [-0.4, -0.2) is 38.9 Å². The standard InChI is InChI=1S/C19H23F2N3O3/c1-11(2)16(23-10-6-9-15(23)25)18(26)27-12(3)17-22-13-7-4-5-8-14(13)24(17)19(20)21/h4-5,7-8,11-12,16,19H,6,9-10H2,1-3H3. The highest BCUT2D eigenvalue weighted by Gasteiger charge is 2.37. The Bertz CT molecular complexity index is 850. The molecule has 2 heterocycles. The second kappa shape index (κ2) is 7.62. The molecule has 2 atom stereocenters. The summed E-state index contributed by atoms with van der Waals surface area (Å²) in [5, 5.41) is 0. The number of rotatable bonds is 6. The van der Waals surface area contributed by atoms with E-state index in [1.165, 1.54) is 11.8 Å². The average molecular weight is 379 g/mol. The highest BCUT2D eigenvalue weighted by molar-refractivity contribution is 5.86. The molecule has 8 heteroatoms. The zero-order valence-electron chi connectivity index (χ0n) is 15.6. The number of likely N-dealkylation sites (tertiary alicyclic amines) is 1. The van der Waals surface area contributed by atoms with Crippen LogP contribution in [0.5, 0.6) is 0 Å². The number of hydrogen-bond acceptors (Lipinski definition) is 4. The third-order valence-corrected chi connectivity index (χ3v) is 4.79. The molecule has 6 nitrogen and oxygen atoms in total. The summed E-state index contributed by atoms with van der Waals surface area (Å²) in [7, 11) is 0. The first-order valence-electron chi connectivity index (χ1n) is 9.06. The van der Waals surface area contributed by atoms with E-state index in [-0.39, 0.29) is 23.2 Å². The summed E-state index contributed by atoms with van der Waals surface area (Å²) in [5.41, 5.74) is 0.686. The van der Waals surface area contributed by atoms with E-state index < -0.39 is 24.7 Å². The van der Waals surface area contributed by atoms with Crippen LogP contribution in [0.2, 0.25) is 0 Å². The van der Waals surface area contributed by atoms with Gasteiger partial charge in [-0.25, -0.2) is 9.78 Å². The van der Waals surface area contributed by atoms with Gasteiger partial charge in [-0.3, -0.25) is 9.36 Å². The van der Waals surface area contributed by atoms with Gasteiger partial charge in [0.25, 0.3) is 0 Å². The molecule has 1 saturated heterocycles. The van der Waals surface area contributed by atoms with Gasteiger partial charge in [0, 0.05) is 13.0 Å². The molecule has 0 bridgehead atoms. The number of carbonyl (C=O) groups excluding carboxylic acids is 2. The maximum Gasteiger partial charge on any atom is 0.329 e. The van der Waals surface area contributed by atoms with Crippen LogP contribution in [-0.2, 0) is 14.3 Å². The summed E-state index contributed by atoms with van der Waals surface area (Å²) < 4.78 is 33.5. The van der Waals surface area contributed by atoms with Crippen molar-refractivity contribution in [1.29, 1.82) is 0 Å². The van der Waals surface area contributed by atoms with Crippen LogP contribution in [0.1, 0.15) is 52.1 Å². The fourth-order valence-corrected chi connectivity index (χ4v) is 3.57. The highest BCUT2D eigenvalue weighted by Crippen LogP contribution is 2.29. The number of ether oxygens (including phenoxy) is 1. The van der Waals surface area contributed by atoms with Crippen molar-refractivity contribution in [2.75, 3.05) is 6.54 Å². The molecule has 2 unspecified atom stereocenters. The number of carbonyl (C=O) groups is 2. The van der Waals surface area contributed by atoms with Crippen molar-refractivity contribution >= 4 is 22.9 Å². The molecule has 0 aliphatic carbocycles. The Morgan fingerprint density at radius 1 is 1.22 bits per heavy atom. The first-order chi connectivity index (χ1) is 12.8. The van der Waals surface area contributed by atoms with Crippen LogP contribution in [0.15, 0.2) is 24.3 Å². The molecular weight excluding hydrogens is 356 g/mol. The lowest BCUT2D eigenvalue weighted by atomic mass is 10.0. The van der Waals surface area contributed by atoms with Gasteiger partial charge in [0.1, 0.15) is 6.04 Å². The summed E-state index contributed by atoms with van der Waals surface area (Å²) in [6.45, 7) is 2.87. The first kappa shape index (κ1) is 19.3. The number of nitrogens with zero attached hydrogens (tertiary/aromatic N) is 3. The van der Waals surface area contributed by atoms with Crippen LogP contribution in [0, 0.1) is 5.92 Å². The van der Waals surface area contributed by atoms with E-state index in [0.717, 1.165) is 4.57 Å². The van der Waals surface area contributed by atoms with Crippen LogP contribution < -0.4 is 0 Å². The zero-order valence-corrected chi connectivity index (χ0v) is 15.6. The third-order valence-electron chi connectivity index (χ3n) is 4.79. The Morgan fingerprint density at radius 2 is 1.93 bits per heavy atom. The fraction of sp³-hybridized carbons (Fsp3) is 0.526. The van der Waals surface area contributed by atoms with E-state index in [1.807, 2.05) is 13.8 Å². The van der Waals surface area contributed by atoms with Crippen LogP contribution in [0.4, 0.5) is 8.78 Å². The van der Waals surface area contributed by atoms with E-state index in [9.17, 15) is 18.4 Å². The molecule has 27 heavy (non-hydrogen) atoms. The maximum atomic E-state index is 13.6. The molecule has 1 aliphatic heterocycles. The van der Waals surface area contributed by atoms with Crippen LogP contribution in [0.25, 0.3) is 11.0 Å². The van der Waals surface area contributed by atoms with Crippen LogP contribution >= 0.6 is 0 Å². The summed E-state index contributed by atoms with van der Waals surface area (Å²) in [6.07, 6.45) is 0.136. The lowest BCUT2D eigenvalue weighted by Gasteiger charge is -2.30. The zero-order chi connectivity index (χ0) is 19.7. The van der Waals surface area contributed by atoms with Crippen molar-refractivity contribution in [3.8, 4) is 0 Å². The molecule has 3 rings (SSSR count). The van der Waals surface area contributed by atoms with Gasteiger partial charge >= 0.3 is 12.5 Å². The smallest absolute Gasteiger partial charge is 0.329 e. The molecule has 1 amide bonds. The first-order valence-corrected chi connectivity index (χ1v) is 9.06. The number of esters is 1. The molecule has 146 valence electrons. The minimum atomic E-state index is -2.81. The second-order valence-electron chi connectivity index (χ2n) is 7.07. The van der Waals surface area contributed by atoms with Gasteiger partial charge in [0.05, 0.1) is 11.0 Å². The number of halogens is 2. The van der Waals surface area contributed by atoms with Gasteiger partial charge < -0.3 is 9.64 Å². The van der Waals surface area contributed by atoms with Gasteiger partial charge in [-0.2, -0.15) is 8.78 Å². The van der Waals surface area contributed by atoms with E-state index in [4.69, 9.17) is 4.74 Å². The quantitative estimate of drug-likeness (QED) is 0.718. The number of para-hydroxylation sites is 2. The number of hydrogen-bond donors (Lipinski definition) is 0. The maximum absolute atomic E-state index is 13.6. The van der Waals surface area contributed by atoms with Gasteiger partial charge in [-0.15, -0.1) is 0 Å². The van der Waals surface area contributed by atoms with Crippen molar-refractivity contribution in [1.82, 2.24) is 14.5 Å². The Morgan fingerprint density at radius 3 is 2.52 bits per heavy atom. The number of alkyl halides is 2. The Balaban J connectivity index is 1.87. The lowest BCUT2D eigenvalue weighted by molar-refractivity contribution is -0.160. The molecule has 1 fully saturated rings. The summed E-state index contributed by atoms with van der Waals surface area (Å²) in [5.74, 6) is -0.853. The normalized spacial score (nSPS) is 17.1. The van der Waals surface area contributed by atoms with Crippen molar-refractivity contribution in [3.63, 3.8) is 0 Å².